The smallest absolute Gasteiger partial charge is 0.261 e. The van der Waals surface area contributed by atoms with Gasteiger partial charge in [-0.1, -0.05) is 0 Å². The number of aromatic nitrogens is 1. The molecule has 0 radical (unpaired) electrons. The van der Waals surface area contributed by atoms with Crippen molar-refractivity contribution in [2.24, 2.45) is 0 Å². The number of thiazole rings is 1. The fourth-order valence-electron chi connectivity index (χ4n) is 1.53. The van der Waals surface area contributed by atoms with E-state index in [4.69, 9.17) is 10.5 Å². The minimum absolute atomic E-state index is 0.0185. The Hall–Kier alpha value is -2.08. The molecule has 0 atom stereocenters. The molecule has 0 bridgehead atoms. The predicted molar refractivity (Wildman–Crippen MR) is 76.7 cm³/mol. The Labute approximate surface area is 115 Å². The first-order valence-corrected chi connectivity index (χ1v) is 6.71. The summed E-state index contributed by atoms with van der Waals surface area (Å²) in [6.45, 7) is 3.80. The van der Waals surface area contributed by atoms with Crippen LogP contribution in [-0.2, 0) is 0 Å². The molecular formula is C13H15N3O2S. The van der Waals surface area contributed by atoms with E-state index >= 15 is 0 Å². The van der Waals surface area contributed by atoms with E-state index in [-0.39, 0.29) is 12.0 Å². The lowest BCUT2D eigenvalue weighted by Crippen LogP contribution is -2.16. The van der Waals surface area contributed by atoms with Crippen molar-refractivity contribution in [2.45, 2.75) is 20.0 Å². The van der Waals surface area contributed by atoms with Gasteiger partial charge in [-0.3, -0.25) is 10.1 Å². The standard InChI is InChI=1S/C13H15N3O2S/c1-8(2)18-11-4-3-9(14)7-10(11)12(17)16-13-15-5-6-19-13/h3-8H,14H2,1-2H3,(H,15,16,17). The minimum atomic E-state index is -0.280. The average molecular weight is 277 g/mol. The first kappa shape index (κ1) is 13.4. The van der Waals surface area contributed by atoms with Crippen LogP contribution in [-0.4, -0.2) is 17.0 Å². The van der Waals surface area contributed by atoms with E-state index in [1.165, 1.54) is 11.3 Å². The largest absolute Gasteiger partial charge is 0.490 e. The van der Waals surface area contributed by atoms with Gasteiger partial charge in [0.15, 0.2) is 5.13 Å². The van der Waals surface area contributed by atoms with Crippen LogP contribution in [0.15, 0.2) is 29.8 Å². The lowest BCUT2D eigenvalue weighted by Gasteiger charge is -2.14. The number of carbonyl (C=O) groups excluding carboxylic acids is 1. The fraction of sp³-hybridized carbons (Fsp3) is 0.231. The number of benzene rings is 1. The number of anilines is 2. The van der Waals surface area contributed by atoms with Crippen LogP contribution in [0.4, 0.5) is 10.8 Å². The molecule has 6 heteroatoms. The van der Waals surface area contributed by atoms with Gasteiger partial charge in [0.1, 0.15) is 5.75 Å². The summed E-state index contributed by atoms with van der Waals surface area (Å²) in [4.78, 5) is 16.2. The third-order valence-electron chi connectivity index (χ3n) is 2.26. The highest BCUT2D eigenvalue weighted by molar-refractivity contribution is 7.13. The number of ether oxygens (including phenoxy) is 1. The lowest BCUT2D eigenvalue weighted by molar-refractivity contribution is 0.102. The fourth-order valence-corrected chi connectivity index (χ4v) is 2.06. The minimum Gasteiger partial charge on any atom is -0.490 e. The van der Waals surface area contributed by atoms with Gasteiger partial charge in [-0.05, 0) is 32.0 Å². The molecule has 0 fully saturated rings. The van der Waals surface area contributed by atoms with Gasteiger partial charge >= 0.3 is 0 Å². The summed E-state index contributed by atoms with van der Waals surface area (Å²) in [6, 6.07) is 5.00. The van der Waals surface area contributed by atoms with E-state index in [1.807, 2.05) is 13.8 Å². The van der Waals surface area contributed by atoms with Crippen LogP contribution in [0.3, 0.4) is 0 Å². The second-order valence-electron chi connectivity index (χ2n) is 4.21. The quantitative estimate of drug-likeness (QED) is 0.842. The maximum absolute atomic E-state index is 12.2. The van der Waals surface area contributed by atoms with Gasteiger partial charge in [0.25, 0.3) is 5.91 Å². The van der Waals surface area contributed by atoms with Crippen molar-refractivity contribution in [1.82, 2.24) is 4.98 Å². The Balaban J connectivity index is 2.26. The van der Waals surface area contributed by atoms with Gasteiger partial charge in [-0.15, -0.1) is 11.3 Å². The summed E-state index contributed by atoms with van der Waals surface area (Å²) in [5.74, 6) is 0.233. The van der Waals surface area contributed by atoms with E-state index < -0.39 is 0 Å². The molecule has 19 heavy (non-hydrogen) atoms. The van der Waals surface area contributed by atoms with E-state index in [2.05, 4.69) is 10.3 Å². The van der Waals surface area contributed by atoms with Gasteiger partial charge in [0.2, 0.25) is 0 Å². The summed E-state index contributed by atoms with van der Waals surface area (Å²) in [5, 5.41) is 5.05. The van der Waals surface area contributed by atoms with Gasteiger partial charge in [0.05, 0.1) is 11.7 Å². The van der Waals surface area contributed by atoms with E-state index in [0.717, 1.165) is 0 Å². The molecule has 1 aromatic carbocycles. The lowest BCUT2D eigenvalue weighted by atomic mass is 10.1. The van der Waals surface area contributed by atoms with Crippen LogP contribution < -0.4 is 15.8 Å². The topological polar surface area (TPSA) is 77.2 Å². The zero-order valence-electron chi connectivity index (χ0n) is 10.7. The first-order chi connectivity index (χ1) is 9.06. The van der Waals surface area contributed by atoms with E-state index in [9.17, 15) is 4.79 Å². The van der Waals surface area contributed by atoms with Crippen molar-refractivity contribution in [1.29, 1.82) is 0 Å². The number of amides is 1. The molecule has 3 N–H and O–H groups in total. The average Bonchev–Trinajstić information content (AvgIpc) is 2.83. The maximum Gasteiger partial charge on any atom is 0.261 e. The molecule has 1 heterocycles. The number of hydrogen-bond acceptors (Lipinski definition) is 5. The van der Waals surface area contributed by atoms with Crippen LogP contribution in [0.25, 0.3) is 0 Å². The number of nitrogens with zero attached hydrogens (tertiary/aromatic N) is 1. The Morgan fingerprint density at radius 3 is 2.89 bits per heavy atom. The normalized spacial score (nSPS) is 10.5. The maximum atomic E-state index is 12.2. The summed E-state index contributed by atoms with van der Waals surface area (Å²) in [6.07, 6.45) is 1.61. The molecule has 0 unspecified atom stereocenters. The number of carbonyl (C=O) groups is 1. The molecule has 5 nitrogen and oxygen atoms in total. The van der Waals surface area contributed by atoms with Crippen molar-refractivity contribution < 1.29 is 9.53 Å². The Morgan fingerprint density at radius 2 is 2.26 bits per heavy atom. The third kappa shape index (κ3) is 3.45. The Kier molecular flexibility index (Phi) is 4.01. The summed E-state index contributed by atoms with van der Waals surface area (Å²) in [5.41, 5.74) is 6.64. The highest BCUT2D eigenvalue weighted by Crippen LogP contribution is 2.24. The second kappa shape index (κ2) is 5.71. The van der Waals surface area contributed by atoms with Gasteiger partial charge in [-0.25, -0.2) is 4.98 Å². The molecule has 2 aromatic rings. The third-order valence-corrected chi connectivity index (χ3v) is 2.95. The number of nitrogens with one attached hydrogen (secondary N) is 1. The Morgan fingerprint density at radius 1 is 1.47 bits per heavy atom. The molecule has 0 aliphatic rings. The van der Waals surface area contributed by atoms with Gasteiger partial charge in [0, 0.05) is 17.3 Å². The van der Waals surface area contributed by atoms with Crippen molar-refractivity contribution in [3.05, 3.63) is 35.3 Å². The molecule has 0 saturated carbocycles. The van der Waals surface area contributed by atoms with Crippen molar-refractivity contribution in [2.75, 3.05) is 11.1 Å². The highest BCUT2D eigenvalue weighted by atomic mass is 32.1. The van der Waals surface area contributed by atoms with Crippen LogP contribution in [0.5, 0.6) is 5.75 Å². The van der Waals surface area contributed by atoms with Gasteiger partial charge in [-0.2, -0.15) is 0 Å². The predicted octanol–water partition coefficient (Wildman–Crippen LogP) is 2.76. The summed E-state index contributed by atoms with van der Waals surface area (Å²) in [7, 11) is 0. The molecular weight excluding hydrogens is 262 g/mol. The summed E-state index contributed by atoms with van der Waals surface area (Å²) >= 11 is 1.35. The molecule has 0 spiro atoms. The molecule has 0 aliphatic carbocycles. The van der Waals surface area contributed by atoms with Crippen LogP contribution in [0.1, 0.15) is 24.2 Å². The van der Waals surface area contributed by atoms with Crippen molar-refractivity contribution >= 4 is 28.1 Å². The molecule has 1 amide bonds. The van der Waals surface area contributed by atoms with Crippen molar-refractivity contribution in [3.8, 4) is 5.75 Å². The summed E-state index contributed by atoms with van der Waals surface area (Å²) < 4.78 is 5.61. The van der Waals surface area contributed by atoms with E-state index in [1.54, 1.807) is 29.8 Å². The molecule has 0 aliphatic heterocycles. The first-order valence-electron chi connectivity index (χ1n) is 5.83. The van der Waals surface area contributed by atoms with Crippen LogP contribution in [0.2, 0.25) is 0 Å². The van der Waals surface area contributed by atoms with E-state index in [0.29, 0.717) is 22.1 Å². The molecule has 1 aromatic heterocycles. The number of rotatable bonds is 4. The molecule has 100 valence electrons. The van der Waals surface area contributed by atoms with Gasteiger partial charge < -0.3 is 10.5 Å². The highest BCUT2D eigenvalue weighted by Gasteiger charge is 2.15. The number of hydrogen-bond donors (Lipinski definition) is 2. The molecule has 0 saturated heterocycles. The second-order valence-corrected chi connectivity index (χ2v) is 5.11. The van der Waals surface area contributed by atoms with Crippen LogP contribution >= 0.6 is 11.3 Å². The van der Waals surface area contributed by atoms with Crippen LogP contribution in [0, 0.1) is 0 Å². The SMILES string of the molecule is CC(C)Oc1ccc(N)cc1C(=O)Nc1nccs1. The van der Waals surface area contributed by atoms with Crippen molar-refractivity contribution in [3.63, 3.8) is 0 Å². The number of nitrogens with two attached hydrogens (primary N) is 1. The zero-order valence-corrected chi connectivity index (χ0v) is 11.5. The molecule has 2 rings (SSSR count). The number of nitrogen functional groups attached to an aromatic ring is 1. The monoisotopic (exact) mass is 277 g/mol. The zero-order chi connectivity index (χ0) is 13.8. The Bertz CT molecular complexity index is 567.